The van der Waals surface area contributed by atoms with E-state index in [9.17, 15) is 29.1 Å². The lowest BCUT2D eigenvalue weighted by Gasteiger charge is -2.27. The van der Waals surface area contributed by atoms with Crippen LogP contribution in [0.25, 0.3) is 32.8 Å². The standard InChI is InChI=1S/C45H43N5O8/c1-3-26(2)40(45(56)57-25-27-11-5-4-6-12-27)50-43(54)38(21-30-24-47-36-16-10-8-14-33(30)36)49-42(53)37(20-29-23-46-35-15-9-7-13-32(29)35)48-41(52)34-19-28-17-18-31(51)22-39(28)58-44(34)55/h4-19,22-24,26,37-38,40,46-47,51H,3,20-21,25H2,1-2H3,(H,48,52)(H,49,53)(H,50,54)/t26-,37-,38-,40?/m0/s1. The predicted octanol–water partition coefficient (Wildman–Crippen LogP) is 5.80. The fraction of sp³-hybridized carbons (Fsp3) is 0.222. The van der Waals surface area contributed by atoms with Crippen LogP contribution in [0.4, 0.5) is 0 Å². The Morgan fingerprint density at radius 2 is 1.33 bits per heavy atom. The summed E-state index contributed by atoms with van der Waals surface area (Å²) in [6.45, 7) is 3.75. The molecule has 58 heavy (non-hydrogen) atoms. The number of H-pyrrole nitrogens is 2. The fourth-order valence-corrected chi connectivity index (χ4v) is 6.97. The Bertz CT molecular complexity index is 2660. The third-order valence-electron chi connectivity index (χ3n) is 10.4. The van der Waals surface area contributed by atoms with Gasteiger partial charge in [0.05, 0.1) is 0 Å². The largest absolute Gasteiger partial charge is 0.508 e. The van der Waals surface area contributed by atoms with E-state index in [4.69, 9.17) is 9.15 Å². The number of phenolic OH excluding ortho intramolecular Hbond substituents is 1. The minimum absolute atomic E-state index is 0.0168. The van der Waals surface area contributed by atoms with Gasteiger partial charge in [-0.2, -0.15) is 0 Å². The number of hydrogen-bond donors (Lipinski definition) is 6. The number of rotatable bonds is 15. The first-order valence-electron chi connectivity index (χ1n) is 19.1. The Kier molecular flexibility index (Phi) is 11.7. The monoisotopic (exact) mass is 781 g/mol. The molecule has 0 radical (unpaired) electrons. The maximum absolute atomic E-state index is 14.5. The summed E-state index contributed by atoms with van der Waals surface area (Å²) in [7, 11) is 0. The molecule has 6 N–H and O–H groups in total. The average molecular weight is 782 g/mol. The first-order chi connectivity index (χ1) is 28.1. The van der Waals surface area contributed by atoms with Crippen molar-refractivity contribution >= 4 is 56.5 Å². The van der Waals surface area contributed by atoms with Crippen molar-refractivity contribution in [3.8, 4) is 5.75 Å². The van der Waals surface area contributed by atoms with Crippen molar-refractivity contribution in [3.05, 3.63) is 148 Å². The van der Waals surface area contributed by atoms with E-state index in [0.717, 1.165) is 32.9 Å². The number of para-hydroxylation sites is 2. The third kappa shape index (κ3) is 8.78. The molecule has 13 heteroatoms. The molecule has 7 rings (SSSR count). The van der Waals surface area contributed by atoms with Gasteiger partial charge in [-0.25, -0.2) is 9.59 Å². The second kappa shape index (κ2) is 17.3. The van der Waals surface area contributed by atoms with E-state index in [0.29, 0.717) is 17.4 Å². The van der Waals surface area contributed by atoms with Crippen molar-refractivity contribution in [2.45, 2.75) is 57.8 Å². The van der Waals surface area contributed by atoms with E-state index in [1.54, 1.807) is 12.4 Å². The second-order valence-electron chi connectivity index (χ2n) is 14.3. The maximum Gasteiger partial charge on any atom is 0.349 e. The summed E-state index contributed by atoms with van der Waals surface area (Å²) in [6, 6.07) is 26.2. The molecule has 3 amide bonds. The van der Waals surface area contributed by atoms with E-state index in [1.807, 2.05) is 92.7 Å². The number of aromatic nitrogens is 2. The normalized spacial score (nSPS) is 13.4. The Morgan fingerprint density at radius 1 is 0.741 bits per heavy atom. The summed E-state index contributed by atoms with van der Waals surface area (Å²) in [6.07, 6.45) is 4.07. The lowest BCUT2D eigenvalue weighted by atomic mass is 9.97. The molecule has 1 unspecified atom stereocenters. The molecule has 0 fully saturated rings. The van der Waals surface area contributed by atoms with Crippen LogP contribution in [0, 0.1) is 5.92 Å². The highest BCUT2D eigenvalue weighted by Gasteiger charge is 2.34. The second-order valence-corrected chi connectivity index (χ2v) is 14.3. The van der Waals surface area contributed by atoms with E-state index < -0.39 is 47.4 Å². The number of amides is 3. The Morgan fingerprint density at radius 3 is 1.97 bits per heavy atom. The van der Waals surface area contributed by atoms with E-state index in [-0.39, 0.29) is 42.3 Å². The SMILES string of the molecule is CC[C@H](C)C(NC(=O)[C@H](Cc1c[nH]c2ccccc12)NC(=O)[C@H](Cc1c[nH]c2ccccc12)NC(=O)c1cc2ccc(O)cc2oc1=O)C(=O)OCc1ccccc1. The van der Waals surface area contributed by atoms with Crippen LogP contribution in [0.15, 0.2) is 125 Å². The lowest BCUT2D eigenvalue weighted by Crippen LogP contribution is -2.58. The van der Waals surface area contributed by atoms with Gasteiger partial charge < -0.3 is 40.2 Å². The molecule has 296 valence electrons. The zero-order valence-electron chi connectivity index (χ0n) is 31.9. The maximum atomic E-state index is 14.5. The highest BCUT2D eigenvalue weighted by molar-refractivity contribution is 6.00. The van der Waals surface area contributed by atoms with Gasteiger partial charge in [0.2, 0.25) is 11.8 Å². The Balaban J connectivity index is 1.19. The van der Waals surface area contributed by atoms with Gasteiger partial charge in [-0.1, -0.05) is 87.0 Å². The molecular weight excluding hydrogens is 739 g/mol. The zero-order valence-corrected chi connectivity index (χ0v) is 31.9. The van der Waals surface area contributed by atoms with E-state index >= 15 is 0 Å². The molecule has 3 heterocycles. The van der Waals surface area contributed by atoms with Gasteiger partial charge in [-0.3, -0.25) is 14.4 Å². The smallest absolute Gasteiger partial charge is 0.349 e. The molecule has 4 atom stereocenters. The number of hydrogen-bond acceptors (Lipinski definition) is 8. The molecule has 0 spiro atoms. The van der Waals surface area contributed by atoms with Gasteiger partial charge in [0.15, 0.2) is 0 Å². The number of esters is 1. The van der Waals surface area contributed by atoms with Crippen LogP contribution in [-0.4, -0.2) is 56.9 Å². The average Bonchev–Trinajstić information content (AvgIpc) is 3.84. The van der Waals surface area contributed by atoms with Crippen molar-refractivity contribution in [2.75, 3.05) is 0 Å². The van der Waals surface area contributed by atoms with Crippen molar-refractivity contribution in [3.63, 3.8) is 0 Å². The van der Waals surface area contributed by atoms with Crippen LogP contribution in [0.5, 0.6) is 5.75 Å². The van der Waals surface area contributed by atoms with Crippen LogP contribution < -0.4 is 21.6 Å². The molecule has 0 aliphatic carbocycles. The van der Waals surface area contributed by atoms with Gasteiger partial charge in [0.25, 0.3) is 5.91 Å². The highest BCUT2D eigenvalue weighted by atomic mass is 16.5. The van der Waals surface area contributed by atoms with Gasteiger partial charge in [0, 0.05) is 58.5 Å². The molecule has 0 aliphatic rings. The van der Waals surface area contributed by atoms with Crippen molar-refractivity contribution in [1.82, 2.24) is 25.9 Å². The molecule has 0 aliphatic heterocycles. The number of aromatic amines is 2. The van der Waals surface area contributed by atoms with Crippen molar-refractivity contribution in [1.29, 1.82) is 0 Å². The van der Waals surface area contributed by atoms with Crippen LogP contribution in [0.2, 0.25) is 0 Å². The lowest BCUT2D eigenvalue weighted by molar-refractivity contribution is -0.151. The van der Waals surface area contributed by atoms with Crippen LogP contribution in [0.3, 0.4) is 0 Å². The summed E-state index contributed by atoms with van der Waals surface area (Å²) >= 11 is 0. The summed E-state index contributed by atoms with van der Waals surface area (Å²) in [5, 5.41) is 20.4. The summed E-state index contributed by atoms with van der Waals surface area (Å²) < 4.78 is 11.0. The highest BCUT2D eigenvalue weighted by Crippen LogP contribution is 2.23. The zero-order chi connectivity index (χ0) is 40.8. The molecule has 0 bridgehead atoms. The third-order valence-corrected chi connectivity index (χ3v) is 10.4. The van der Waals surface area contributed by atoms with Gasteiger partial charge in [-0.15, -0.1) is 0 Å². The fourth-order valence-electron chi connectivity index (χ4n) is 6.97. The predicted molar refractivity (Wildman–Crippen MR) is 219 cm³/mol. The van der Waals surface area contributed by atoms with Gasteiger partial charge in [0.1, 0.15) is 41.6 Å². The summed E-state index contributed by atoms with van der Waals surface area (Å²) in [5.74, 6) is -3.26. The first kappa shape index (κ1) is 39.1. The minimum Gasteiger partial charge on any atom is -0.508 e. The summed E-state index contributed by atoms with van der Waals surface area (Å²) in [5.41, 5.74) is 2.64. The van der Waals surface area contributed by atoms with Crippen LogP contribution in [-0.2, 0) is 38.6 Å². The van der Waals surface area contributed by atoms with Gasteiger partial charge in [-0.05, 0) is 52.9 Å². The number of nitrogens with one attached hydrogen (secondary N) is 5. The van der Waals surface area contributed by atoms with Crippen molar-refractivity contribution < 1.29 is 33.4 Å². The molecule has 0 saturated carbocycles. The van der Waals surface area contributed by atoms with Gasteiger partial charge >= 0.3 is 11.6 Å². The van der Waals surface area contributed by atoms with E-state index in [1.165, 1.54) is 24.3 Å². The molecular formula is C45H43N5O8. The molecule has 4 aromatic carbocycles. The number of ether oxygens (including phenoxy) is 1. The molecule has 3 aromatic heterocycles. The topological polar surface area (TPSA) is 196 Å². The number of benzene rings is 4. The van der Waals surface area contributed by atoms with Crippen molar-refractivity contribution in [2.24, 2.45) is 5.92 Å². The first-order valence-corrected chi connectivity index (χ1v) is 19.1. The Labute approximate surface area is 332 Å². The number of fused-ring (bicyclic) bond motifs is 3. The quantitative estimate of drug-likeness (QED) is 0.0554. The van der Waals surface area contributed by atoms with Crippen LogP contribution in [0.1, 0.15) is 47.3 Å². The Hall–Kier alpha value is -7.15. The molecule has 7 aromatic rings. The number of carbonyl (C=O) groups is 4. The van der Waals surface area contributed by atoms with Crippen LogP contribution >= 0.6 is 0 Å². The number of phenols is 1. The molecule has 13 nitrogen and oxygen atoms in total. The van der Waals surface area contributed by atoms with E-state index in [2.05, 4.69) is 25.9 Å². The molecule has 0 saturated heterocycles. The number of carbonyl (C=O) groups excluding carboxylic acids is 4. The minimum atomic E-state index is -1.29. The summed E-state index contributed by atoms with van der Waals surface area (Å²) in [4.78, 5) is 75.8. The number of aromatic hydroxyl groups is 1.